The van der Waals surface area contributed by atoms with Gasteiger partial charge in [-0.3, -0.25) is 9.36 Å². The molecule has 1 amide bonds. The minimum absolute atomic E-state index is 0.0391. The molecule has 1 heterocycles. The summed E-state index contributed by atoms with van der Waals surface area (Å²) in [7, 11) is 0. The predicted octanol–water partition coefficient (Wildman–Crippen LogP) is 4.16. The van der Waals surface area contributed by atoms with Gasteiger partial charge in [0, 0.05) is 11.2 Å². The lowest BCUT2D eigenvalue weighted by Gasteiger charge is -2.20. The molecule has 3 aromatic rings. The fraction of sp³-hybridized carbons (Fsp3) is 0.318. The molecule has 152 valence electrons. The number of thioether (sulfide) groups is 1. The van der Waals surface area contributed by atoms with E-state index < -0.39 is 0 Å². The van der Waals surface area contributed by atoms with Crippen LogP contribution in [0.4, 0.5) is 0 Å². The van der Waals surface area contributed by atoms with Gasteiger partial charge in [-0.15, -0.1) is 10.2 Å². The molecule has 0 radical (unpaired) electrons. The van der Waals surface area contributed by atoms with Gasteiger partial charge in [0.1, 0.15) is 12.4 Å². The molecule has 0 spiro atoms. The number of hydrogen-bond donors (Lipinski definition) is 1. The molecule has 0 unspecified atom stereocenters. The van der Waals surface area contributed by atoms with Gasteiger partial charge in [0.2, 0.25) is 5.91 Å². The number of rotatable bonds is 7. The van der Waals surface area contributed by atoms with E-state index in [-0.39, 0.29) is 23.8 Å². The number of hydrogen-bond acceptors (Lipinski definition) is 5. The number of benzene rings is 2. The first kappa shape index (κ1) is 20.9. The summed E-state index contributed by atoms with van der Waals surface area (Å²) in [6.07, 6.45) is 0. The molecule has 1 aromatic heterocycles. The largest absolute Gasteiger partial charge is 0.485 e. The van der Waals surface area contributed by atoms with E-state index in [9.17, 15) is 4.79 Å². The normalized spacial score (nSPS) is 11.3. The highest BCUT2D eigenvalue weighted by atomic mass is 32.2. The second-order valence-electron chi connectivity index (χ2n) is 7.71. The molecule has 0 atom stereocenters. The first-order chi connectivity index (χ1) is 13.8. The van der Waals surface area contributed by atoms with Crippen LogP contribution in [0.1, 0.15) is 32.2 Å². The lowest BCUT2D eigenvalue weighted by Crippen LogP contribution is -2.41. The standard InChI is InChI=1S/C22H26N4O2S/c1-16-10-8-9-13-18(16)28-14-19-24-25-21(26(19)17-11-6-5-7-12-17)29-15-20(27)23-22(2,3)4/h5-13H,14-15H2,1-4H3,(H,23,27). The van der Waals surface area contributed by atoms with E-state index in [1.54, 1.807) is 0 Å². The zero-order valence-corrected chi connectivity index (χ0v) is 18.0. The zero-order valence-electron chi connectivity index (χ0n) is 17.2. The summed E-state index contributed by atoms with van der Waals surface area (Å²) in [4.78, 5) is 12.2. The maximum absolute atomic E-state index is 12.2. The number of para-hydroxylation sites is 2. The average molecular weight is 411 g/mol. The molecular formula is C22H26N4O2S. The summed E-state index contributed by atoms with van der Waals surface area (Å²) in [5.41, 5.74) is 1.73. The van der Waals surface area contributed by atoms with Crippen molar-refractivity contribution in [2.75, 3.05) is 5.75 Å². The molecule has 0 bridgehead atoms. The van der Waals surface area contributed by atoms with Crippen molar-refractivity contribution in [3.63, 3.8) is 0 Å². The predicted molar refractivity (Wildman–Crippen MR) is 115 cm³/mol. The number of nitrogens with one attached hydrogen (secondary N) is 1. The van der Waals surface area contributed by atoms with Crippen LogP contribution < -0.4 is 10.1 Å². The Hall–Kier alpha value is -2.80. The number of ether oxygens (including phenoxy) is 1. The molecule has 0 aliphatic rings. The van der Waals surface area contributed by atoms with E-state index in [0.717, 1.165) is 17.0 Å². The molecule has 0 saturated carbocycles. The average Bonchev–Trinajstić information content (AvgIpc) is 3.08. The van der Waals surface area contributed by atoms with Crippen molar-refractivity contribution in [3.8, 4) is 11.4 Å². The van der Waals surface area contributed by atoms with Crippen LogP contribution in [0.3, 0.4) is 0 Å². The number of aromatic nitrogens is 3. The third kappa shape index (κ3) is 5.84. The van der Waals surface area contributed by atoms with Crippen molar-refractivity contribution in [1.29, 1.82) is 0 Å². The van der Waals surface area contributed by atoms with Crippen molar-refractivity contribution >= 4 is 17.7 Å². The van der Waals surface area contributed by atoms with Gasteiger partial charge in [-0.1, -0.05) is 48.2 Å². The number of nitrogens with zero attached hydrogens (tertiary/aromatic N) is 3. The van der Waals surface area contributed by atoms with Crippen molar-refractivity contribution in [2.24, 2.45) is 0 Å². The van der Waals surface area contributed by atoms with Crippen LogP contribution >= 0.6 is 11.8 Å². The first-order valence-electron chi connectivity index (χ1n) is 9.45. The lowest BCUT2D eigenvalue weighted by atomic mass is 10.1. The minimum Gasteiger partial charge on any atom is -0.485 e. The molecule has 1 N–H and O–H groups in total. The maximum Gasteiger partial charge on any atom is 0.230 e. The monoisotopic (exact) mass is 410 g/mol. The van der Waals surface area contributed by atoms with Gasteiger partial charge >= 0.3 is 0 Å². The Morgan fingerprint density at radius 3 is 2.45 bits per heavy atom. The minimum atomic E-state index is -0.267. The number of carbonyl (C=O) groups is 1. The Balaban J connectivity index is 1.80. The van der Waals surface area contributed by atoms with E-state index in [1.807, 2.05) is 86.9 Å². The van der Waals surface area contributed by atoms with Crippen LogP contribution in [0.5, 0.6) is 5.75 Å². The summed E-state index contributed by atoms with van der Waals surface area (Å²) in [5.74, 6) is 1.72. The Morgan fingerprint density at radius 2 is 1.76 bits per heavy atom. The molecule has 0 saturated heterocycles. The van der Waals surface area contributed by atoms with Crippen LogP contribution in [0, 0.1) is 6.92 Å². The Kier molecular flexibility index (Phi) is 6.59. The third-order valence-electron chi connectivity index (χ3n) is 4.01. The Morgan fingerprint density at radius 1 is 1.07 bits per heavy atom. The van der Waals surface area contributed by atoms with Crippen molar-refractivity contribution in [2.45, 2.75) is 45.0 Å². The molecular weight excluding hydrogens is 384 g/mol. The fourth-order valence-electron chi connectivity index (χ4n) is 2.77. The van der Waals surface area contributed by atoms with Crippen LogP contribution in [0.25, 0.3) is 5.69 Å². The van der Waals surface area contributed by atoms with E-state index >= 15 is 0 Å². The number of carbonyl (C=O) groups excluding carboxylic acids is 1. The molecule has 2 aromatic carbocycles. The molecule has 7 heteroatoms. The molecule has 29 heavy (non-hydrogen) atoms. The molecule has 0 aliphatic heterocycles. The summed E-state index contributed by atoms with van der Waals surface area (Å²) in [6, 6.07) is 17.7. The van der Waals surface area contributed by atoms with Crippen molar-refractivity contribution in [1.82, 2.24) is 20.1 Å². The van der Waals surface area contributed by atoms with Gasteiger partial charge in [0.15, 0.2) is 11.0 Å². The zero-order chi connectivity index (χ0) is 20.9. The summed E-state index contributed by atoms with van der Waals surface area (Å²) in [5, 5.41) is 12.3. The van der Waals surface area contributed by atoms with E-state index in [0.29, 0.717) is 11.0 Å². The number of aryl methyl sites for hydroxylation is 1. The van der Waals surface area contributed by atoms with Gasteiger partial charge in [-0.25, -0.2) is 0 Å². The highest BCUT2D eigenvalue weighted by Gasteiger charge is 2.18. The molecule has 3 rings (SSSR count). The smallest absolute Gasteiger partial charge is 0.230 e. The van der Waals surface area contributed by atoms with Gasteiger partial charge in [-0.2, -0.15) is 0 Å². The number of amides is 1. The SMILES string of the molecule is Cc1ccccc1OCc1nnc(SCC(=O)NC(C)(C)C)n1-c1ccccc1. The molecule has 0 aliphatic carbocycles. The second kappa shape index (κ2) is 9.13. The maximum atomic E-state index is 12.2. The van der Waals surface area contributed by atoms with Crippen LogP contribution in [0.15, 0.2) is 59.8 Å². The Labute approximate surface area is 175 Å². The Bertz CT molecular complexity index is 964. The van der Waals surface area contributed by atoms with Gasteiger partial charge in [0.25, 0.3) is 0 Å². The van der Waals surface area contributed by atoms with Gasteiger partial charge in [0.05, 0.1) is 5.75 Å². The van der Waals surface area contributed by atoms with Gasteiger partial charge in [-0.05, 0) is 51.5 Å². The highest BCUT2D eigenvalue weighted by Crippen LogP contribution is 2.24. The summed E-state index contributed by atoms with van der Waals surface area (Å²) >= 11 is 1.36. The van der Waals surface area contributed by atoms with Crippen molar-refractivity contribution < 1.29 is 9.53 Å². The second-order valence-corrected chi connectivity index (χ2v) is 8.65. The lowest BCUT2D eigenvalue weighted by molar-refractivity contribution is -0.119. The first-order valence-corrected chi connectivity index (χ1v) is 10.4. The summed E-state index contributed by atoms with van der Waals surface area (Å²) in [6.45, 7) is 8.17. The highest BCUT2D eigenvalue weighted by molar-refractivity contribution is 7.99. The third-order valence-corrected chi connectivity index (χ3v) is 4.94. The van der Waals surface area contributed by atoms with Gasteiger partial charge < -0.3 is 10.1 Å². The van der Waals surface area contributed by atoms with Crippen LogP contribution in [-0.4, -0.2) is 32.0 Å². The molecule has 0 fully saturated rings. The fourth-order valence-corrected chi connectivity index (χ4v) is 3.54. The molecule has 6 nitrogen and oxygen atoms in total. The summed E-state index contributed by atoms with van der Waals surface area (Å²) < 4.78 is 7.92. The van der Waals surface area contributed by atoms with E-state index in [1.165, 1.54) is 11.8 Å². The quantitative estimate of drug-likeness (QED) is 0.592. The van der Waals surface area contributed by atoms with Crippen molar-refractivity contribution in [3.05, 3.63) is 66.0 Å². The van der Waals surface area contributed by atoms with Crippen LogP contribution in [0.2, 0.25) is 0 Å². The van der Waals surface area contributed by atoms with E-state index in [4.69, 9.17) is 4.74 Å². The van der Waals surface area contributed by atoms with E-state index in [2.05, 4.69) is 15.5 Å². The topological polar surface area (TPSA) is 69.0 Å². The van der Waals surface area contributed by atoms with Crippen LogP contribution in [-0.2, 0) is 11.4 Å².